The summed E-state index contributed by atoms with van der Waals surface area (Å²) in [5, 5.41) is 10.2. The van der Waals surface area contributed by atoms with E-state index in [0.29, 0.717) is 22.8 Å². The second-order valence-corrected chi connectivity index (χ2v) is 4.03. The SMILES string of the molecule is Cc1cc(-c2noc(CNC(=O)c3ccoc3)n2)no1. The third kappa shape index (κ3) is 2.44. The van der Waals surface area contributed by atoms with Crippen LogP contribution in [-0.2, 0) is 6.54 Å². The Hall–Kier alpha value is -2.90. The van der Waals surface area contributed by atoms with Crippen molar-refractivity contribution in [3.63, 3.8) is 0 Å². The van der Waals surface area contributed by atoms with Crippen LogP contribution in [0.2, 0.25) is 0 Å². The Kier molecular flexibility index (Phi) is 3.04. The lowest BCUT2D eigenvalue weighted by atomic mass is 10.3. The standard InChI is InChI=1S/C12H10N4O4/c1-7-4-9(15-19-7)11-14-10(20-16-11)5-13-12(17)8-2-3-18-6-8/h2-4,6H,5H2,1H3,(H,13,17). The number of hydrogen-bond donors (Lipinski definition) is 1. The summed E-state index contributed by atoms with van der Waals surface area (Å²) in [6.45, 7) is 1.89. The maximum atomic E-state index is 11.7. The molecule has 0 bridgehead atoms. The molecule has 1 amide bonds. The molecule has 0 saturated carbocycles. The van der Waals surface area contributed by atoms with E-state index in [1.165, 1.54) is 12.5 Å². The van der Waals surface area contributed by atoms with Gasteiger partial charge in [0.2, 0.25) is 11.7 Å². The van der Waals surface area contributed by atoms with Crippen LogP contribution in [0.3, 0.4) is 0 Å². The van der Waals surface area contributed by atoms with Crippen molar-refractivity contribution in [1.29, 1.82) is 0 Å². The van der Waals surface area contributed by atoms with Crippen molar-refractivity contribution in [3.8, 4) is 11.5 Å². The highest BCUT2D eigenvalue weighted by atomic mass is 16.5. The maximum Gasteiger partial charge on any atom is 0.254 e. The van der Waals surface area contributed by atoms with Crippen molar-refractivity contribution < 1.29 is 18.3 Å². The molecule has 0 aromatic carbocycles. The number of nitrogens with one attached hydrogen (secondary N) is 1. The summed E-state index contributed by atoms with van der Waals surface area (Å²) in [6, 6.07) is 3.26. The minimum Gasteiger partial charge on any atom is -0.472 e. The first kappa shape index (κ1) is 12.2. The molecule has 0 aliphatic heterocycles. The third-order valence-electron chi connectivity index (χ3n) is 2.51. The van der Waals surface area contributed by atoms with Crippen LogP contribution >= 0.6 is 0 Å². The van der Waals surface area contributed by atoms with E-state index in [0.717, 1.165) is 0 Å². The quantitative estimate of drug-likeness (QED) is 0.769. The predicted molar refractivity (Wildman–Crippen MR) is 64.4 cm³/mol. The van der Waals surface area contributed by atoms with E-state index >= 15 is 0 Å². The van der Waals surface area contributed by atoms with Crippen molar-refractivity contribution in [1.82, 2.24) is 20.6 Å². The Morgan fingerprint density at radius 2 is 2.25 bits per heavy atom. The highest BCUT2D eigenvalue weighted by Gasteiger charge is 2.13. The molecule has 0 spiro atoms. The fourth-order valence-electron chi connectivity index (χ4n) is 1.55. The normalized spacial score (nSPS) is 10.7. The second kappa shape index (κ2) is 5.00. The molecule has 0 fully saturated rings. The lowest BCUT2D eigenvalue weighted by molar-refractivity contribution is 0.0945. The molecule has 8 nitrogen and oxygen atoms in total. The summed E-state index contributed by atoms with van der Waals surface area (Å²) in [5.74, 6) is 0.960. The Bertz CT molecular complexity index is 713. The van der Waals surface area contributed by atoms with Crippen molar-refractivity contribution in [2.75, 3.05) is 0 Å². The van der Waals surface area contributed by atoms with Crippen molar-refractivity contribution in [2.45, 2.75) is 13.5 Å². The van der Waals surface area contributed by atoms with E-state index in [-0.39, 0.29) is 18.3 Å². The summed E-state index contributed by atoms with van der Waals surface area (Å²) in [4.78, 5) is 15.8. The molecule has 102 valence electrons. The van der Waals surface area contributed by atoms with Gasteiger partial charge in [0, 0.05) is 6.07 Å². The highest BCUT2D eigenvalue weighted by molar-refractivity contribution is 5.93. The van der Waals surface area contributed by atoms with E-state index in [2.05, 4.69) is 20.6 Å². The van der Waals surface area contributed by atoms with Crippen LogP contribution in [0, 0.1) is 6.92 Å². The Labute approximate surface area is 112 Å². The molecule has 3 aromatic rings. The zero-order chi connectivity index (χ0) is 13.9. The molecular weight excluding hydrogens is 264 g/mol. The van der Waals surface area contributed by atoms with Crippen LogP contribution in [0.4, 0.5) is 0 Å². The van der Waals surface area contributed by atoms with Crippen LogP contribution < -0.4 is 5.32 Å². The van der Waals surface area contributed by atoms with Gasteiger partial charge >= 0.3 is 0 Å². The van der Waals surface area contributed by atoms with E-state index in [1.54, 1.807) is 19.1 Å². The predicted octanol–water partition coefficient (Wildman–Crippen LogP) is 1.56. The van der Waals surface area contributed by atoms with Gasteiger partial charge in [-0.3, -0.25) is 4.79 Å². The van der Waals surface area contributed by atoms with Gasteiger partial charge in [0.1, 0.15) is 12.0 Å². The Morgan fingerprint density at radius 1 is 1.35 bits per heavy atom. The van der Waals surface area contributed by atoms with Gasteiger partial charge in [-0.15, -0.1) is 0 Å². The number of carbonyl (C=O) groups is 1. The van der Waals surface area contributed by atoms with Crippen molar-refractivity contribution >= 4 is 5.91 Å². The molecule has 3 heterocycles. The van der Waals surface area contributed by atoms with Crippen LogP contribution in [0.1, 0.15) is 22.0 Å². The summed E-state index contributed by atoms with van der Waals surface area (Å²) in [7, 11) is 0. The molecule has 0 atom stereocenters. The summed E-state index contributed by atoms with van der Waals surface area (Å²) < 4.78 is 14.8. The maximum absolute atomic E-state index is 11.7. The first-order valence-corrected chi connectivity index (χ1v) is 5.79. The number of rotatable bonds is 4. The number of amides is 1. The molecule has 0 aliphatic rings. The highest BCUT2D eigenvalue weighted by Crippen LogP contribution is 2.15. The largest absolute Gasteiger partial charge is 0.472 e. The first-order chi connectivity index (χ1) is 9.72. The van der Waals surface area contributed by atoms with Crippen molar-refractivity contribution in [2.24, 2.45) is 0 Å². The minimum absolute atomic E-state index is 0.119. The molecule has 1 N–H and O–H groups in total. The lowest BCUT2D eigenvalue weighted by Gasteiger charge is -1.97. The zero-order valence-electron chi connectivity index (χ0n) is 10.5. The van der Waals surface area contributed by atoms with Crippen molar-refractivity contribution in [3.05, 3.63) is 41.9 Å². The van der Waals surface area contributed by atoms with E-state index < -0.39 is 0 Å². The number of aryl methyl sites for hydroxylation is 1. The molecule has 0 saturated heterocycles. The second-order valence-electron chi connectivity index (χ2n) is 4.03. The number of nitrogens with zero attached hydrogens (tertiary/aromatic N) is 3. The van der Waals surface area contributed by atoms with Gasteiger partial charge in [-0.25, -0.2) is 0 Å². The zero-order valence-corrected chi connectivity index (χ0v) is 10.5. The fraction of sp³-hybridized carbons (Fsp3) is 0.167. The van der Waals surface area contributed by atoms with Gasteiger partial charge in [-0.1, -0.05) is 10.3 Å². The van der Waals surface area contributed by atoms with E-state index in [1.807, 2.05) is 0 Å². The van der Waals surface area contributed by atoms with Crippen LogP contribution in [0.5, 0.6) is 0 Å². The molecule has 0 aliphatic carbocycles. The number of hydrogen-bond acceptors (Lipinski definition) is 7. The smallest absolute Gasteiger partial charge is 0.254 e. The number of carbonyl (C=O) groups excluding carboxylic acids is 1. The molecule has 3 aromatic heterocycles. The topological polar surface area (TPSA) is 107 Å². The van der Waals surface area contributed by atoms with Gasteiger partial charge < -0.3 is 18.8 Å². The summed E-state index contributed by atoms with van der Waals surface area (Å²) in [6.07, 6.45) is 2.78. The van der Waals surface area contributed by atoms with Gasteiger partial charge in [-0.2, -0.15) is 4.98 Å². The Morgan fingerprint density at radius 3 is 2.95 bits per heavy atom. The molecule has 3 rings (SSSR count). The van der Waals surface area contributed by atoms with E-state index in [4.69, 9.17) is 13.5 Å². The van der Waals surface area contributed by atoms with Gasteiger partial charge in [0.05, 0.1) is 18.4 Å². The van der Waals surface area contributed by atoms with Gasteiger partial charge in [0.25, 0.3) is 5.91 Å². The van der Waals surface area contributed by atoms with Gasteiger partial charge in [-0.05, 0) is 13.0 Å². The van der Waals surface area contributed by atoms with Gasteiger partial charge in [0.15, 0.2) is 5.69 Å². The van der Waals surface area contributed by atoms with Crippen LogP contribution in [0.25, 0.3) is 11.5 Å². The molecular formula is C12H10N4O4. The first-order valence-electron chi connectivity index (χ1n) is 5.79. The molecule has 8 heteroatoms. The number of aromatic nitrogens is 3. The van der Waals surface area contributed by atoms with Crippen LogP contribution in [0.15, 0.2) is 38.1 Å². The monoisotopic (exact) mass is 274 g/mol. The lowest BCUT2D eigenvalue weighted by Crippen LogP contribution is -2.22. The summed E-state index contributed by atoms with van der Waals surface area (Å²) in [5.41, 5.74) is 0.913. The minimum atomic E-state index is -0.282. The molecule has 0 unspecified atom stereocenters. The molecule has 0 radical (unpaired) electrons. The number of furan rings is 1. The Balaban J connectivity index is 1.64. The summed E-state index contributed by atoms with van der Waals surface area (Å²) >= 11 is 0. The molecule has 20 heavy (non-hydrogen) atoms. The van der Waals surface area contributed by atoms with Crippen LogP contribution in [-0.4, -0.2) is 21.2 Å². The fourth-order valence-corrected chi connectivity index (χ4v) is 1.55. The average Bonchev–Trinajstić information content (AvgIpc) is 3.16. The average molecular weight is 274 g/mol. The van der Waals surface area contributed by atoms with E-state index in [9.17, 15) is 4.79 Å². The third-order valence-corrected chi connectivity index (χ3v) is 2.51.